The number of hydrogen-bond acceptors (Lipinski definition) is 4. The number of unbranched alkanes of at least 4 members (excludes halogenated alkanes) is 2. The first-order chi connectivity index (χ1) is 10.6. The molecule has 126 valence electrons. The number of halogens is 1. The van der Waals surface area contributed by atoms with Gasteiger partial charge in [-0.15, -0.1) is 11.6 Å². The van der Waals surface area contributed by atoms with Crippen molar-refractivity contribution in [1.29, 1.82) is 0 Å². The van der Waals surface area contributed by atoms with Gasteiger partial charge in [0.05, 0.1) is 13.2 Å². The van der Waals surface area contributed by atoms with Gasteiger partial charge in [-0.2, -0.15) is 0 Å². The van der Waals surface area contributed by atoms with Crippen LogP contribution in [-0.4, -0.2) is 30.5 Å². The standard InChI is InChI=1S/C17H27ClO4/c1-3-5-7-21-15(19)17(16(20)22-8-6-4-2)11-12-9-13(17)10-14(12)18/h12-14H,3-11H2,1-2H3. The summed E-state index contributed by atoms with van der Waals surface area (Å²) in [7, 11) is 0. The van der Waals surface area contributed by atoms with Crippen LogP contribution in [0.25, 0.3) is 0 Å². The summed E-state index contributed by atoms with van der Waals surface area (Å²) in [5, 5.41) is 0.0741. The van der Waals surface area contributed by atoms with Crippen molar-refractivity contribution in [3.05, 3.63) is 0 Å². The fourth-order valence-corrected chi connectivity index (χ4v) is 4.13. The number of fused-ring (bicyclic) bond motifs is 2. The van der Waals surface area contributed by atoms with E-state index in [1.807, 2.05) is 13.8 Å². The summed E-state index contributed by atoms with van der Waals surface area (Å²) in [6, 6.07) is 0. The van der Waals surface area contributed by atoms with Gasteiger partial charge in [-0.05, 0) is 43.9 Å². The Morgan fingerprint density at radius 3 is 1.95 bits per heavy atom. The van der Waals surface area contributed by atoms with Crippen molar-refractivity contribution in [2.45, 2.75) is 64.2 Å². The third-order valence-electron chi connectivity index (χ3n) is 5.08. The second kappa shape index (κ2) is 7.67. The van der Waals surface area contributed by atoms with Crippen molar-refractivity contribution in [3.63, 3.8) is 0 Å². The van der Waals surface area contributed by atoms with Crippen LogP contribution in [0.15, 0.2) is 0 Å². The molecular formula is C17H27ClO4. The highest BCUT2D eigenvalue weighted by molar-refractivity contribution is 6.21. The first-order valence-electron chi connectivity index (χ1n) is 8.54. The Balaban J connectivity index is 2.08. The molecule has 22 heavy (non-hydrogen) atoms. The molecule has 0 saturated heterocycles. The van der Waals surface area contributed by atoms with E-state index in [9.17, 15) is 9.59 Å². The first kappa shape index (κ1) is 17.6. The Morgan fingerprint density at radius 2 is 1.59 bits per heavy atom. The lowest BCUT2D eigenvalue weighted by Gasteiger charge is -2.34. The summed E-state index contributed by atoms with van der Waals surface area (Å²) in [5.74, 6) is -0.579. The maximum atomic E-state index is 12.6. The molecule has 0 aromatic rings. The number of alkyl halides is 1. The molecule has 0 amide bonds. The fraction of sp³-hybridized carbons (Fsp3) is 0.882. The van der Waals surface area contributed by atoms with E-state index < -0.39 is 17.4 Å². The molecule has 0 aliphatic heterocycles. The number of carbonyl (C=O) groups is 2. The zero-order chi connectivity index (χ0) is 16.2. The second-order valence-electron chi connectivity index (χ2n) is 6.60. The molecule has 5 heteroatoms. The Labute approximate surface area is 137 Å². The van der Waals surface area contributed by atoms with Crippen LogP contribution in [0.4, 0.5) is 0 Å². The largest absolute Gasteiger partial charge is 0.465 e. The minimum Gasteiger partial charge on any atom is -0.465 e. The monoisotopic (exact) mass is 330 g/mol. The third kappa shape index (κ3) is 3.27. The average molecular weight is 331 g/mol. The van der Waals surface area contributed by atoms with Crippen LogP contribution in [0.2, 0.25) is 0 Å². The van der Waals surface area contributed by atoms with Gasteiger partial charge in [-0.25, -0.2) is 0 Å². The smallest absolute Gasteiger partial charge is 0.323 e. The van der Waals surface area contributed by atoms with E-state index in [1.54, 1.807) is 0 Å². The minimum absolute atomic E-state index is 0.0248. The van der Waals surface area contributed by atoms with Crippen molar-refractivity contribution in [2.24, 2.45) is 17.3 Å². The third-order valence-corrected chi connectivity index (χ3v) is 5.61. The maximum absolute atomic E-state index is 12.6. The molecule has 4 nitrogen and oxygen atoms in total. The molecule has 2 rings (SSSR count). The Kier molecular flexibility index (Phi) is 6.13. The molecule has 0 N–H and O–H groups in total. The molecule has 3 unspecified atom stereocenters. The molecule has 0 spiro atoms. The zero-order valence-electron chi connectivity index (χ0n) is 13.6. The summed E-state index contributed by atoms with van der Waals surface area (Å²) in [6.45, 7) is 4.83. The van der Waals surface area contributed by atoms with Crippen molar-refractivity contribution in [2.75, 3.05) is 13.2 Å². The van der Waals surface area contributed by atoms with Gasteiger partial charge in [-0.1, -0.05) is 26.7 Å². The highest BCUT2D eigenvalue weighted by Gasteiger charge is 2.64. The Morgan fingerprint density at radius 1 is 1.05 bits per heavy atom. The molecule has 0 radical (unpaired) electrons. The van der Waals surface area contributed by atoms with Gasteiger partial charge in [0.25, 0.3) is 0 Å². The van der Waals surface area contributed by atoms with Gasteiger partial charge in [0.2, 0.25) is 0 Å². The topological polar surface area (TPSA) is 52.6 Å². The zero-order valence-corrected chi connectivity index (χ0v) is 14.4. The number of ether oxygens (including phenoxy) is 2. The lowest BCUT2D eigenvalue weighted by molar-refractivity contribution is -0.177. The Hall–Kier alpha value is -0.770. The van der Waals surface area contributed by atoms with Gasteiger partial charge in [0.1, 0.15) is 0 Å². The van der Waals surface area contributed by atoms with E-state index in [0.29, 0.717) is 26.1 Å². The number of hydrogen-bond donors (Lipinski definition) is 0. The van der Waals surface area contributed by atoms with Gasteiger partial charge < -0.3 is 9.47 Å². The van der Waals surface area contributed by atoms with Gasteiger partial charge in [0, 0.05) is 5.38 Å². The van der Waals surface area contributed by atoms with Crippen LogP contribution in [0, 0.1) is 17.3 Å². The Bertz CT molecular complexity index is 385. The quantitative estimate of drug-likeness (QED) is 0.295. The molecule has 0 heterocycles. The first-order valence-corrected chi connectivity index (χ1v) is 8.98. The molecular weight excluding hydrogens is 304 g/mol. The van der Waals surface area contributed by atoms with Gasteiger partial charge in [-0.3, -0.25) is 9.59 Å². The lowest BCUT2D eigenvalue weighted by atomic mass is 9.73. The van der Waals surface area contributed by atoms with Crippen LogP contribution in [0.3, 0.4) is 0 Å². The second-order valence-corrected chi connectivity index (χ2v) is 7.16. The highest BCUT2D eigenvalue weighted by Crippen LogP contribution is 2.58. The van der Waals surface area contributed by atoms with Crippen molar-refractivity contribution in [1.82, 2.24) is 0 Å². The lowest BCUT2D eigenvalue weighted by Crippen LogP contribution is -2.47. The van der Waals surface area contributed by atoms with E-state index in [4.69, 9.17) is 21.1 Å². The fourth-order valence-electron chi connectivity index (χ4n) is 3.73. The number of esters is 2. The summed E-state index contributed by atoms with van der Waals surface area (Å²) in [5.41, 5.74) is -1.10. The van der Waals surface area contributed by atoms with Crippen molar-refractivity contribution >= 4 is 23.5 Å². The van der Waals surface area contributed by atoms with E-state index in [2.05, 4.69) is 0 Å². The molecule has 2 aliphatic rings. The maximum Gasteiger partial charge on any atom is 0.323 e. The molecule has 2 aliphatic carbocycles. The average Bonchev–Trinajstić information content (AvgIpc) is 3.04. The highest BCUT2D eigenvalue weighted by atomic mass is 35.5. The molecule has 0 aromatic heterocycles. The normalized spacial score (nSPS) is 28.6. The van der Waals surface area contributed by atoms with E-state index in [1.165, 1.54) is 0 Å². The van der Waals surface area contributed by atoms with Crippen LogP contribution in [-0.2, 0) is 19.1 Å². The minimum atomic E-state index is -1.10. The number of rotatable bonds is 8. The summed E-state index contributed by atoms with van der Waals surface area (Å²) < 4.78 is 10.8. The predicted molar refractivity (Wildman–Crippen MR) is 84.6 cm³/mol. The van der Waals surface area contributed by atoms with E-state index >= 15 is 0 Å². The number of carbonyl (C=O) groups excluding carboxylic acids is 2. The molecule has 0 aromatic carbocycles. The summed E-state index contributed by atoms with van der Waals surface area (Å²) >= 11 is 6.29. The summed E-state index contributed by atoms with van der Waals surface area (Å²) in [4.78, 5) is 25.3. The van der Waals surface area contributed by atoms with E-state index in [0.717, 1.165) is 32.1 Å². The van der Waals surface area contributed by atoms with Gasteiger partial charge in [0.15, 0.2) is 5.41 Å². The van der Waals surface area contributed by atoms with Crippen molar-refractivity contribution in [3.8, 4) is 0 Å². The summed E-state index contributed by atoms with van der Waals surface area (Å²) in [6.07, 6.45) is 5.57. The van der Waals surface area contributed by atoms with Crippen LogP contribution in [0.5, 0.6) is 0 Å². The predicted octanol–water partition coefficient (Wildman–Crippen LogP) is 3.70. The SMILES string of the molecule is CCCCOC(=O)C1(C(=O)OCCCC)CC2CC1CC2Cl. The van der Waals surface area contributed by atoms with E-state index in [-0.39, 0.29) is 17.2 Å². The molecule has 2 fully saturated rings. The molecule has 2 saturated carbocycles. The van der Waals surface area contributed by atoms with Crippen LogP contribution in [0.1, 0.15) is 58.8 Å². The van der Waals surface area contributed by atoms with Gasteiger partial charge >= 0.3 is 11.9 Å². The van der Waals surface area contributed by atoms with Crippen LogP contribution < -0.4 is 0 Å². The molecule has 3 atom stereocenters. The van der Waals surface area contributed by atoms with Crippen molar-refractivity contribution < 1.29 is 19.1 Å². The van der Waals surface area contributed by atoms with Crippen LogP contribution >= 0.6 is 11.6 Å². The molecule has 2 bridgehead atoms.